The van der Waals surface area contributed by atoms with Crippen LogP contribution in [0.4, 0.5) is 4.79 Å². The Morgan fingerprint density at radius 3 is 2.95 bits per heavy atom. The summed E-state index contributed by atoms with van der Waals surface area (Å²) >= 11 is 9.30. The molecule has 2 heterocycles. The Morgan fingerprint density at radius 2 is 2.30 bits per heavy atom. The first-order valence-corrected chi connectivity index (χ1v) is 6.74. The molecule has 0 aliphatic heterocycles. The van der Waals surface area contributed by atoms with Crippen molar-refractivity contribution in [2.24, 2.45) is 0 Å². The van der Waals surface area contributed by atoms with Gasteiger partial charge in [-0.1, -0.05) is 11.6 Å². The molecule has 0 aliphatic rings. The van der Waals surface area contributed by atoms with E-state index in [1.165, 1.54) is 7.05 Å². The fourth-order valence-corrected chi connectivity index (χ4v) is 2.16. The second-order valence-electron chi connectivity index (χ2n) is 4.06. The largest absolute Gasteiger partial charge is 0.465 e. The second kappa shape index (κ2) is 5.76. The van der Waals surface area contributed by atoms with E-state index in [1.807, 2.05) is 0 Å². The number of rotatable bonds is 3. The van der Waals surface area contributed by atoms with E-state index in [9.17, 15) is 4.79 Å². The van der Waals surface area contributed by atoms with Crippen LogP contribution in [0, 0.1) is 6.92 Å². The molecule has 0 bridgehead atoms. The fraction of sp³-hybridized carbons (Fsp3) is 0.273. The maximum atomic E-state index is 10.9. The number of nitrogens with zero attached hydrogens (tertiary/aromatic N) is 5. The molecule has 0 unspecified atom stereocenters. The lowest BCUT2D eigenvalue weighted by Crippen LogP contribution is -2.25. The Kier molecular flexibility index (Phi) is 4.24. The molecule has 2 aromatic heterocycles. The van der Waals surface area contributed by atoms with Gasteiger partial charge in [-0.2, -0.15) is 5.10 Å². The third-order valence-electron chi connectivity index (χ3n) is 2.54. The zero-order chi connectivity index (χ0) is 14.9. The van der Waals surface area contributed by atoms with Crippen LogP contribution in [0.5, 0.6) is 0 Å². The van der Waals surface area contributed by atoms with Crippen molar-refractivity contribution >= 4 is 33.6 Å². The van der Waals surface area contributed by atoms with E-state index in [-0.39, 0.29) is 6.54 Å². The SMILES string of the molecule is Cc1nc(CN(C)C(=O)O)n(-c2ccnc(Cl)c2Br)n1. The van der Waals surface area contributed by atoms with Crippen molar-refractivity contribution in [1.29, 1.82) is 0 Å². The molecule has 0 saturated carbocycles. The molecule has 0 radical (unpaired) electrons. The molecule has 0 atom stereocenters. The van der Waals surface area contributed by atoms with Gasteiger partial charge in [0.25, 0.3) is 0 Å². The van der Waals surface area contributed by atoms with Crippen LogP contribution in [0.3, 0.4) is 0 Å². The summed E-state index contributed by atoms with van der Waals surface area (Å²) in [5.74, 6) is 1.04. The molecule has 0 saturated heterocycles. The lowest BCUT2D eigenvalue weighted by Gasteiger charge is -2.13. The molecule has 1 N–H and O–H groups in total. The minimum atomic E-state index is -1.04. The van der Waals surface area contributed by atoms with Gasteiger partial charge >= 0.3 is 6.09 Å². The molecule has 20 heavy (non-hydrogen) atoms. The number of hydrogen-bond acceptors (Lipinski definition) is 4. The topological polar surface area (TPSA) is 84.1 Å². The Bertz CT molecular complexity index is 660. The van der Waals surface area contributed by atoms with Crippen LogP contribution in [0.1, 0.15) is 11.6 Å². The van der Waals surface area contributed by atoms with Crippen molar-refractivity contribution in [3.63, 3.8) is 0 Å². The third kappa shape index (κ3) is 2.91. The monoisotopic (exact) mass is 359 g/mol. The second-order valence-corrected chi connectivity index (χ2v) is 5.21. The number of amides is 1. The van der Waals surface area contributed by atoms with E-state index in [0.29, 0.717) is 27.0 Å². The predicted molar refractivity (Wildman–Crippen MR) is 76.1 cm³/mol. The van der Waals surface area contributed by atoms with Gasteiger partial charge in [0, 0.05) is 13.2 Å². The van der Waals surface area contributed by atoms with Crippen LogP contribution >= 0.6 is 27.5 Å². The first-order valence-electron chi connectivity index (χ1n) is 5.57. The van der Waals surface area contributed by atoms with Crippen molar-refractivity contribution in [1.82, 2.24) is 24.6 Å². The standard InChI is InChI=1S/C11H11BrClN5O2/c1-6-15-8(5-17(2)11(19)20)18(16-6)7-3-4-14-10(13)9(7)12/h3-4H,5H2,1-2H3,(H,19,20). The summed E-state index contributed by atoms with van der Waals surface area (Å²) in [6.07, 6.45) is 0.508. The van der Waals surface area contributed by atoms with Crippen molar-refractivity contribution < 1.29 is 9.90 Å². The van der Waals surface area contributed by atoms with Crippen LogP contribution in [-0.2, 0) is 6.54 Å². The zero-order valence-corrected chi connectivity index (χ0v) is 13.1. The fourth-order valence-electron chi connectivity index (χ4n) is 1.61. The first-order chi connectivity index (χ1) is 9.40. The number of halogens is 2. The molecular weight excluding hydrogens is 350 g/mol. The molecule has 2 rings (SSSR count). The normalized spacial score (nSPS) is 10.6. The predicted octanol–water partition coefficient (Wildman–Crippen LogP) is 2.50. The molecule has 2 aromatic rings. The van der Waals surface area contributed by atoms with Crippen LogP contribution in [0.25, 0.3) is 5.69 Å². The smallest absolute Gasteiger partial charge is 0.407 e. The van der Waals surface area contributed by atoms with E-state index < -0.39 is 6.09 Å². The van der Waals surface area contributed by atoms with Gasteiger partial charge in [-0.05, 0) is 28.9 Å². The quantitative estimate of drug-likeness (QED) is 0.850. The first kappa shape index (κ1) is 14.7. The van der Waals surface area contributed by atoms with Gasteiger partial charge in [0.05, 0.1) is 16.7 Å². The van der Waals surface area contributed by atoms with Crippen molar-refractivity contribution in [2.75, 3.05) is 7.05 Å². The molecule has 7 nitrogen and oxygen atoms in total. The van der Waals surface area contributed by atoms with Gasteiger partial charge in [0.2, 0.25) is 0 Å². The summed E-state index contributed by atoms with van der Waals surface area (Å²) < 4.78 is 2.12. The van der Waals surface area contributed by atoms with Gasteiger partial charge in [-0.15, -0.1) is 0 Å². The van der Waals surface area contributed by atoms with Gasteiger partial charge < -0.3 is 10.0 Å². The average Bonchev–Trinajstić information content (AvgIpc) is 2.73. The molecule has 9 heteroatoms. The Labute approximate surface area is 128 Å². The van der Waals surface area contributed by atoms with Crippen LogP contribution < -0.4 is 0 Å². The zero-order valence-electron chi connectivity index (χ0n) is 10.7. The Hall–Kier alpha value is -1.67. The number of carbonyl (C=O) groups is 1. The van der Waals surface area contributed by atoms with Crippen molar-refractivity contribution in [2.45, 2.75) is 13.5 Å². The minimum Gasteiger partial charge on any atom is -0.465 e. The molecular formula is C11H11BrClN5O2. The lowest BCUT2D eigenvalue weighted by molar-refractivity contribution is 0.152. The third-order valence-corrected chi connectivity index (χ3v) is 3.84. The highest BCUT2D eigenvalue weighted by molar-refractivity contribution is 9.10. The Balaban J connectivity index is 2.47. The van der Waals surface area contributed by atoms with E-state index in [1.54, 1.807) is 23.9 Å². The Morgan fingerprint density at radius 1 is 1.60 bits per heavy atom. The van der Waals surface area contributed by atoms with E-state index in [4.69, 9.17) is 16.7 Å². The lowest BCUT2D eigenvalue weighted by atomic mass is 10.4. The number of pyridine rings is 1. The summed E-state index contributed by atoms with van der Waals surface area (Å²) in [4.78, 5) is 20.2. The molecule has 1 amide bonds. The summed E-state index contributed by atoms with van der Waals surface area (Å²) in [6, 6.07) is 1.72. The molecule has 0 aromatic carbocycles. The molecule has 0 spiro atoms. The average molecular weight is 361 g/mol. The van der Waals surface area contributed by atoms with Crippen LogP contribution in [-0.4, -0.2) is 42.9 Å². The summed E-state index contributed by atoms with van der Waals surface area (Å²) in [7, 11) is 1.46. The van der Waals surface area contributed by atoms with Gasteiger partial charge in [-0.25, -0.2) is 19.4 Å². The highest BCUT2D eigenvalue weighted by Gasteiger charge is 2.17. The molecule has 0 aliphatic carbocycles. The molecule has 0 fully saturated rings. The summed E-state index contributed by atoms with van der Waals surface area (Å²) in [6.45, 7) is 1.85. The van der Waals surface area contributed by atoms with Crippen LogP contribution in [0.15, 0.2) is 16.7 Å². The highest BCUT2D eigenvalue weighted by Crippen LogP contribution is 2.27. The van der Waals surface area contributed by atoms with E-state index in [0.717, 1.165) is 4.90 Å². The minimum absolute atomic E-state index is 0.114. The van der Waals surface area contributed by atoms with E-state index >= 15 is 0 Å². The summed E-state index contributed by atoms with van der Waals surface area (Å²) in [5.41, 5.74) is 0.652. The highest BCUT2D eigenvalue weighted by atomic mass is 79.9. The number of hydrogen-bond donors (Lipinski definition) is 1. The number of aryl methyl sites for hydroxylation is 1. The maximum absolute atomic E-state index is 10.9. The van der Waals surface area contributed by atoms with Gasteiger partial charge in [0.15, 0.2) is 5.82 Å². The van der Waals surface area contributed by atoms with Gasteiger partial charge in [-0.3, -0.25) is 0 Å². The number of carboxylic acid groups (broad SMARTS) is 1. The molecule has 106 valence electrons. The maximum Gasteiger partial charge on any atom is 0.407 e. The van der Waals surface area contributed by atoms with Crippen molar-refractivity contribution in [3.05, 3.63) is 33.5 Å². The summed E-state index contributed by atoms with van der Waals surface area (Å²) in [5, 5.41) is 13.5. The van der Waals surface area contributed by atoms with E-state index in [2.05, 4.69) is 31.0 Å². The van der Waals surface area contributed by atoms with Crippen molar-refractivity contribution in [3.8, 4) is 5.69 Å². The number of aromatic nitrogens is 4. The van der Waals surface area contributed by atoms with Crippen LogP contribution in [0.2, 0.25) is 5.15 Å². The van der Waals surface area contributed by atoms with Gasteiger partial charge in [0.1, 0.15) is 11.0 Å².